The summed E-state index contributed by atoms with van der Waals surface area (Å²) in [6.45, 7) is 0.575. The maximum atomic E-state index is 9.81. The Morgan fingerprint density at radius 3 is 2.52 bits per heavy atom. The lowest BCUT2D eigenvalue weighted by Crippen LogP contribution is -2.22. The van der Waals surface area contributed by atoms with Gasteiger partial charge in [-0.25, -0.2) is 0 Å². The van der Waals surface area contributed by atoms with Crippen molar-refractivity contribution in [3.05, 3.63) is 58.6 Å². The number of likely N-dealkylation sites (N-methyl/N-ethyl adjacent to an activating group) is 1. The molecule has 0 saturated carbocycles. The maximum Gasteiger partial charge on any atom is 0.124 e. The fraction of sp³-hybridized carbons (Fsp3) is 0.278. The van der Waals surface area contributed by atoms with Gasteiger partial charge in [0.05, 0.1) is 19.7 Å². The van der Waals surface area contributed by atoms with Gasteiger partial charge in [0.25, 0.3) is 0 Å². The molecule has 1 atom stereocenters. The van der Waals surface area contributed by atoms with E-state index in [4.69, 9.17) is 16.3 Å². The first-order chi connectivity index (χ1) is 11.0. The molecule has 0 amide bonds. The number of rotatable bonds is 6. The van der Waals surface area contributed by atoms with Gasteiger partial charge in [0, 0.05) is 16.8 Å². The molecule has 0 fully saturated rings. The van der Waals surface area contributed by atoms with E-state index in [0.717, 1.165) is 11.3 Å². The topological polar surface area (TPSA) is 45.1 Å². The molecular weight excluding hydrogens is 312 g/mol. The molecule has 0 spiro atoms. The lowest BCUT2D eigenvalue weighted by atomic mass is 10.1. The smallest absolute Gasteiger partial charge is 0.124 e. The second kappa shape index (κ2) is 7.99. The van der Waals surface area contributed by atoms with E-state index < -0.39 is 0 Å². The van der Waals surface area contributed by atoms with Crippen molar-refractivity contribution < 1.29 is 9.84 Å². The molecule has 122 valence electrons. The molecule has 0 radical (unpaired) electrons. The van der Waals surface area contributed by atoms with E-state index in [9.17, 15) is 5.11 Å². The van der Waals surface area contributed by atoms with Gasteiger partial charge < -0.3 is 14.7 Å². The van der Waals surface area contributed by atoms with E-state index in [1.165, 1.54) is 0 Å². The van der Waals surface area contributed by atoms with Crippen molar-refractivity contribution in [1.29, 1.82) is 0 Å². The fourth-order valence-corrected chi connectivity index (χ4v) is 2.45. The minimum absolute atomic E-state index is 0.137. The Bertz CT molecular complexity index is 669. The van der Waals surface area contributed by atoms with Crippen LogP contribution in [0.1, 0.15) is 17.2 Å². The minimum Gasteiger partial charge on any atom is -0.507 e. The van der Waals surface area contributed by atoms with Crippen LogP contribution in [0, 0.1) is 0 Å². The van der Waals surface area contributed by atoms with Gasteiger partial charge in [-0.3, -0.25) is 4.99 Å². The number of methoxy groups -OCH3 is 1. The average molecular weight is 333 g/mol. The highest BCUT2D eigenvalue weighted by molar-refractivity contribution is 6.30. The van der Waals surface area contributed by atoms with Crippen LogP contribution < -0.4 is 4.74 Å². The molecule has 0 heterocycles. The number of aliphatic imine (C=N–C) groups is 1. The molecule has 2 rings (SSSR count). The molecule has 5 heteroatoms. The summed E-state index contributed by atoms with van der Waals surface area (Å²) in [5.74, 6) is 1.00. The van der Waals surface area contributed by atoms with Crippen LogP contribution in [0.5, 0.6) is 11.5 Å². The Hall–Kier alpha value is -2.04. The van der Waals surface area contributed by atoms with E-state index in [0.29, 0.717) is 17.1 Å². The molecule has 0 bridgehead atoms. The summed E-state index contributed by atoms with van der Waals surface area (Å²) >= 11 is 5.94. The molecule has 0 aliphatic heterocycles. The number of benzene rings is 2. The second-order valence-electron chi connectivity index (χ2n) is 5.45. The Morgan fingerprint density at radius 1 is 1.22 bits per heavy atom. The van der Waals surface area contributed by atoms with Gasteiger partial charge in [0.1, 0.15) is 11.5 Å². The predicted molar refractivity (Wildman–Crippen MR) is 95.0 cm³/mol. The van der Waals surface area contributed by atoms with Crippen molar-refractivity contribution in [2.75, 3.05) is 27.7 Å². The summed E-state index contributed by atoms with van der Waals surface area (Å²) in [6, 6.07) is 13.0. The van der Waals surface area contributed by atoms with E-state index >= 15 is 0 Å². The van der Waals surface area contributed by atoms with Gasteiger partial charge >= 0.3 is 0 Å². The zero-order valence-electron chi connectivity index (χ0n) is 13.5. The Morgan fingerprint density at radius 2 is 1.91 bits per heavy atom. The molecule has 0 saturated heterocycles. The fourth-order valence-electron chi connectivity index (χ4n) is 2.27. The Labute approximate surface area is 142 Å². The third-order valence-corrected chi connectivity index (χ3v) is 3.86. The first-order valence-electron chi connectivity index (χ1n) is 7.30. The van der Waals surface area contributed by atoms with Gasteiger partial charge in [0.2, 0.25) is 0 Å². The molecule has 2 aromatic rings. The van der Waals surface area contributed by atoms with Crippen LogP contribution in [-0.2, 0) is 0 Å². The number of ether oxygens (including phenoxy) is 1. The number of halogens is 1. The average Bonchev–Trinajstić information content (AvgIpc) is 2.54. The van der Waals surface area contributed by atoms with Crippen LogP contribution in [0.4, 0.5) is 0 Å². The van der Waals surface area contributed by atoms with Crippen LogP contribution in [0.2, 0.25) is 5.02 Å². The van der Waals surface area contributed by atoms with Gasteiger partial charge in [-0.05, 0) is 50.0 Å². The standard InChI is InChI=1S/C18H21ClN2O2/c1-21(2)17(13-4-7-16(23-3)8-5-13)12-20-11-14-10-15(19)6-9-18(14)22/h4-11,17,22H,12H2,1-3H3/t17-/m1/s1. The molecule has 0 aliphatic carbocycles. The zero-order chi connectivity index (χ0) is 16.8. The number of hydrogen-bond acceptors (Lipinski definition) is 4. The summed E-state index contributed by atoms with van der Waals surface area (Å²) < 4.78 is 5.19. The van der Waals surface area contributed by atoms with Crippen molar-refractivity contribution in [3.8, 4) is 11.5 Å². The van der Waals surface area contributed by atoms with Crippen LogP contribution in [0.3, 0.4) is 0 Å². The van der Waals surface area contributed by atoms with Gasteiger partial charge in [-0.15, -0.1) is 0 Å². The normalized spacial score (nSPS) is 12.7. The summed E-state index contributed by atoms with van der Waals surface area (Å²) in [7, 11) is 5.68. The lowest BCUT2D eigenvalue weighted by molar-refractivity contribution is 0.306. The zero-order valence-corrected chi connectivity index (χ0v) is 14.3. The second-order valence-corrected chi connectivity index (χ2v) is 5.89. The molecule has 4 nitrogen and oxygen atoms in total. The molecule has 23 heavy (non-hydrogen) atoms. The summed E-state index contributed by atoms with van der Waals surface area (Å²) in [6.07, 6.45) is 1.65. The summed E-state index contributed by atoms with van der Waals surface area (Å²) in [5, 5.41) is 10.4. The van der Waals surface area contributed by atoms with Gasteiger partial charge in [0.15, 0.2) is 0 Å². The Kier molecular flexibility index (Phi) is 6.02. The van der Waals surface area contributed by atoms with Crippen LogP contribution in [0.15, 0.2) is 47.5 Å². The highest BCUT2D eigenvalue weighted by atomic mass is 35.5. The largest absolute Gasteiger partial charge is 0.507 e. The number of hydrogen-bond donors (Lipinski definition) is 1. The first kappa shape index (κ1) is 17.3. The minimum atomic E-state index is 0.137. The van der Waals surface area contributed by atoms with Crippen molar-refractivity contribution in [2.45, 2.75) is 6.04 Å². The maximum absolute atomic E-state index is 9.81. The van der Waals surface area contributed by atoms with Crippen LogP contribution >= 0.6 is 11.6 Å². The highest BCUT2D eigenvalue weighted by Gasteiger charge is 2.13. The summed E-state index contributed by atoms with van der Waals surface area (Å²) in [4.78, 5) is 6.58. The SMILES string of the molecule is COc1ccc([C@@H](CN=Cc2cc(Cl)ccc2O)N(C)C)cc1. The number of nitrogens with zero attached hydrogens (tertiary/aromatic N) is 2. The molecule has 1 N–H and O–H groups in total. The molecule has 2 aromatic carbocycles. The number of phenolic OH excluding ortho intramolecular Hbond substituents is 1. The first-order valence-corrected chi connectivity index (χ1v) is 7.67. The van der Waals surface area contributed by atoms with E-state index in [1.807, 2.05) is 38.4 Å². The van der Waals surface area contributed by atoms with Crippen LogP contribution in [-0.4, -0.2) is 44.0 Å². The third kappa shape index (κ3) is 4.71. The van der Waals surface area contributed by atoms with E-state index in [2.05, 4.69) is 9.89 Å². The summed E-state index contributed by atoms with van der Waals surface area (Å²) in [5.41, 5.74) is 1.77. The third-order valence-electron chi connectivity index (χ3n) is 3.62. The number of aromatic hydroxyl groups is 1. The van der Waals surface area contributed by atoms with Gasteiger partial charge in [-0.1, -0.05) is 23.7 Å². The van der Waals surface area contributed by atoms with Crippen LogP contribution in [0.25, 0.3) is 0 Å². The quantitative estimate of drug-likeness (QED) is 0.819. The van der Waals surface area contributed by atoms with E-state index in [-0.39, 0.29) is 11.8 Å². The van der Waals surface area contributed by atoms with Crippen molar-refractivity contribution in [1.82, 2.24) is 4.90 Å². The molecule has 0 unspecified atom stereocenters. The molecular formula is C18H21ClN2O2. The van der Waals surface area contributed by atoms with Crippen molar-refractivity contribution in [2.24, 2.45) is 4.99 Å². The van der Waals surface area contributed by atoms with Crippen molar-refractivity contribution in [3.63, 3.8) is 0 Å². The Balaban J connectivity index is 2.13. The monoisotopic (exact) mass is 332 g/mol. The van der Waals surface area contributed by atoms with E-state index in [1.54, 1.807) is 31.5 Å². The lowest BCUT2D eigenvalue weighted by Gasteiger charge is -2.23. The predicted octanol–water partition coefficient (Wildman–Crippen LogP) is 3.78. The van der Waals surface area contributed by atoms with Gasteiger partial charge in [-0.2, -0.15) is 0 Å². The highest BCUT2D eigenvalue weighted by Crippen LogP contribution is 2.23. The molecule has 0 aromatic heterocycles. The number of phenols is 1. The van der Waals surface area contributed by atoms with Crippen molar-refractivity contribution >= 4 is 17.8 Å². The molecule has 0 aliphatic rings.